The molecule has 1 heterocycles. The molecule has 0 atom stereocenters. The van der Waals surface area contributed by atoms with Gasteiger partial charge in [0.15, 0.2) is 11.5 Å². The van der Waals surface area contributed by atoms with Gasteiger partial charge in [-0.05, 0) is 36.4 Å². The van der Waals surface area contributed by atoms with E-state index in [1.54, 1.807) is 49.9 Å². The number of methoxy groups -OCH3 is 3. The van der Waals surface area contributed by atoms with Crippen LogP contribution in [-0.2, 0) is 0 Å². The van der Waals surface area contributed by atoms with Gasteiger partial charge in [-0.1, -0.05) is 6.07 Å². The van der Waals surface area contributed by atoms with E-state index in [2.05, 4.69) is 15.8 Å². The Balaban J connectivity index is 1.69. The summed E-state index contributed by atoms with van der Waals surface area (Å²) in [5.41, 5.74) is 5.98. The average Bonchev–Trinajstić information content (AvgIpc) is 3.26. The third-order valence-electron chi connectivity index (χ3n) is 4.01. The SMILES string of the molecule is COc1ccc(C(=O)NNC(=O)c2csc(-c3cccc(OC)c3OC)n2)cc1. The van der Waals surface area contributed by atoms with Crippen LogP contribution in [0.15, 0.2) is 47.8 Å². The quantitative estimate of drug-likeness (QED) is 0.603. The van der Waals surface area contributed by atoms with Gasteiger partial charge in [0.25, 0.3) is 11.8 Å². The molecule has 0 spiro atoms. The molecule has 0 saturated heterocycles. The molecule has 29 heavy (non-hydrogen) atoms. The second kappa shape index (κ2) is 9.07. The Morgan fingerprint density at radius 1 is 0.897 bits per heavy atom. The molecule has 0 radical (unpaired) electrons. The lowest BCUT2D eigenvalue weighted by Crippen LogP contribution is -2.41. The number of hydrogen-bond acceptors (Lipinski definition) is 7. The Bertz CT molecular complexity index is 1020. The molecule has 0 aliphatic heterocycles. The van der Waals surface area contributed by atoms with E-state index in [4.69, 9.17) is 14.2 Å². The maximum absolute atomic E-state index is 12.3. The van der Waals surface area contributed by atoms with E-state index in [0.29, 0.717) is 33.4 Å². The summed E-state index contributed by atoms with van der Waals surface area (Å²) in [5, 5.41) is 2.19. The van der Waals surface area contributed by atoms with Crippen molar-refractivity contribution in [3.05, 3.63) is 59.1 Å². The van der Waals surface area contributed by atoms with Gasteiger partial charge in [-0.3, -0.25) is 20.4 Å². The molecule has 2 amide bonds. The van der Waals surface area contributed by atoms with Crippen molar-refractivity contribution in [1.29, 1.82) is 0 Å². The Morgan fingerprint density at radius 3 is 2.28 bits per heavy atom. The fourth-order valence-corrected chi connectivity index (χ4v) is 3.37. The molecule has 3 aromatic rings. The largest absolute Gasteiger partial charge is 0.497 e. The van der Waals surface area contributed by atoms with Crippen LogP contribution in [0.25, 0.3) is 10.6 Å². The van der Waals surface area contributed by atoms with Crippen LogP contribution < -0.4 is 25.1 Å². The summed E-state index contributed by atoms with van der Waals surface area (Å²) in [5.74, 6) is 0.748. The highest BCUT2D eigenvalue weighted by atomic mass is 32.1. The van der Waals surface area contributed by atoms with E-state index in [9.17, 15) is 9.59 Å². The minimum atomic E-state index is -0.531. The molecule has 9 heteroatoms. The molecule has 0 aliphatic rings. The molecule has 2 aromatic carbocycles. The van der Waals surface area contributed by atoms with Crippen molar-refractivity contribution in [1.82, 2.24) is 15.8 Å². The zero-order valence-corrected chi connectivity index (χ0v) is 16.8. The van der Waals surface area contributed by atoms with Gasteiger partial charge in [0.2, 0.25) is 0 Å². The molecular formula is C20H19N3O5S. The molecule has 0 saturated carbocycles. The van der Waals surface area contributed by atoms with Gasteiger partial charge in [0.05, 0.1) is 26.9 Å². The van der Waals surface area contributed by atoms with Crippen molar-refractivity contribution < 1.29 is 23.8 Å². The first kappa shape index (κ1) is 20.2. The summed E-state index contributed by atoms with van der Waals surface area (Å²) < 4.78 is 15.8. The summed E-state index contributed by atoms with van der Waals surface area (Å²) >= 11 is 1.28. The predicted molar refractivity (Wildman–Crippen MR) is 109 cm³/mol. The van der Waals surface area contributed by atoms with E-state index in [0.717, 1.165) is 0 Å². The number of carbonyl (C=O) groups excluding carboxylic acids is 2. The first-order valence-corrected chi connectivity index (χ1v) is 9.37. The molecule has 0 unspecified atom stereocenters. The highest BCUT2D eigenvalue weighted by Gasteiger charge is 2.17. The van der Waals surface area contributed by atoms with Crippen LogP contribution in [0.3, 0.4) is 0 Å². The van der Waals surface area contributed by atoms with Gasteiger partial charge in [-0.25, -0.2) is 4.98 Å². The number of amides is 2. The standard InChI is InChI=1S/C20H19N3O5S/c1-26-13-9-7-12(8-10-13)18(24)22-23-19(25)15-11-29-20(21-15)14-5-4-6-16(27-2)17(14)28-3/h4-11H,1-3H3,(H,22,24)(H,23,25). The maximum Gasteiger partial charge on any atom is 0.289 e. The number of hydrogen-bond donors (Lipinski definition) is 2. The smallest absolute Gasteiger partial charge is 0.289 e. The Labute approximate surface area is 171 Å². The van der Waals surface area contributed by atoms with E-state index in [1.165, 1.54) is 18.4 Å². The van der Waals surface area contributed by atoms with Crippen LogP contribution in [0.5, 0.6) is 17.2 Å². The molecule has 3 rings (SSSR count). The molecule has 0 bridgehead atoms. The van der Waals surface area contributed by atoms with Crippen LogP contribution in [0, 0.1) is 0 Å². The third kappa shape index (κ3) is 4.46. The Kier molecular flexibility index (Phi) is 6.30. The zero-order chi connectivity index (χ0) is 20.8. The number of nitrogens with zero attached hydrogens (tertiary/aromatic N) is 1. The van der Waals surface area contributed by atoms with Crippen molar-refractivity contribution >= 4 is 23.2 Å². The number of aromatic nitrogens is 1. The van der Waals surface area contributed by atoms with Crippen LogP contribution in [-0.4, -0.2) is 38.1 Å². The molecule has 150 valence electrons. The number of thiazole rings is 1. The second-order valence-electron chi connectivity index (χ2n) is 5.72. The molecule has 0 fully saturated rings. The monoisotopic (exact) mass is 413 g/mol. The number of ether oxygens (including phenoxy) is 3. The average molecular weight is 413 g/mol. The first-order chi connectivity index (χ1) is 14.1. The highest BCUT2D eigenvalue weighted by Crippen LogP contribution is 2.38. The maximum atomic E-state index is 12.3. The summed E-state index contributed by atoms with van der Waals surface area (Å²) in [7, 11) is 4.63. The van der Waals surface area contributed by atoms with E-state index in [1.807, 2.05) is 12.1 Å². The molecule has 1 aromatic heterocycles. The molecule has 8 nitrogen and oxygen atoms in total. The van der Waals surface area contributed by atoms with Crippen molar-refractivity contribution in [2.45, 2.75) is 0 Å². The van der Waals surface area contributed by atoms with Crippen LogP contribution in [0.2, 0.25) is 0 Å². The number of hydrazine groups is 1. The first-order valence-electron chi connectivity index (χ1n) is 8.49. The second-order valence-corrected chi connectivity index (χ2v) is 6.57. The Morgan fingerprint density at radius 2 is 1.62 bits per heavy atom. The lowest BCUT2D eigenvalue weighted by molar-refractivity contribution is 0.0844. The van der Waals surface area contributed by atoms with Crippen molar-refractivity contribution in [3.8, 4) is 27.8 Å². The summed E-state index contributed by atoms with van der Waals surface area (Å²) in [6.07, 6.45) is 0. The number of carbonyl (C=O) groups is 2. The van der Waals surface area contributed by atoms with Gasteiger partial charge in [0.1, 0.15) is 16.5 Å². The number of benzene rings is 2. The lowest BCUT2D eigenvalue weighted by Gasteiger charge is -2.10. The van der Waals surface area contributed by atoms with Crippen molar-refractivity contribution in [2.24, 2.45) is 0 Å². The van der Waals surface area contributed by atoms with Crippen LogP contribution in [0.4, 0.5) is 0 Å². The zero-order valence-electron chi connectivity index (χ0n) is 16.0. The topological polar surface area (TPSA) is 98.8 Å². The summed E-state index contributed by atoms with van der Waals surface area (Å²) in [4.78, 5) is 28.8. The highest BCUT2D eigenvalue weighted by molar-refractivity contribution is 7.13. The van der Waals surface area contributed by atoms with E-state index in [-0.39, 0.29) is 5.69 Å². The summed E-state index contributed by atoms with van der Waals surface area (Å²) in [6.45, 7) is 0. The van der Waals surface area contributed by atoms with Gasteiger partial charge >= 0.3 is 0 Å². The minimum absolute atomic E-state index is 0.171. The van der Waals surface area contributed by atoms with Gasteiger partial charge in [0, 0.05) is 10.9 Å². The number of nitrogens with one attached hydrogen (secondary N) is 2. The van der Waals surface area contributed by atoms with E-state index < -0.39 is 11.8 Å². The van der Waals surface area contributed by atoms with E-state index >= 15 is 0 Å². The molecule has 0 aliphatic carbocycles. The lowest BCUT2D eigenvalue weighted by atomic mass is 10.2. The van der Waals surface area contributed by atoms with Gasteiger partial charge < -0.3 is 14.2 Å². The van der Waals surface area contributed by atoms with Crippen LogP contribution in [0.1, 0.15) is 20.8 Å². The minimum Gasteiger partial charge on any atom is -0.497 e. The van der Waals surface area contributed by atoms with Gasteiger partial charge in [-0.2, -0.15) is 0 Å². The number of para-hydroxylation sites is 1. The normalized spacial score (nSPS) is 10.2. The Hall–Kier alpha value is -3.59. The van der Waals surface area contributed by atoms with Crippen LogP contribution >= 0.6 is 11.3 Å². The third-order valence-corrected chi connectivity index (χ3v) is 4.89. The van der Waals surface area contributed by atoms with Crippen molar-refractivity contribution in [2.75, 3.05) is 21.3 Å². The van der Waals surface area contributed by atoms with Crippen molar-refractivity contribution in [3.63, 3.8) is 0 Å². The summed E-state index contributed by atoms with van der Waals surface area (Å²) in [6, 6.07) is 11.9. The fourth-order valence-electron chi connectivity index (χ4n) is 2.55. The fraction of sp³-hybridized carbons (Fsp3) is 0.150. The predicted octanol–water partition coefficient (Wildman–Crippen LogP) is 2.91. The van der Waals surface area contributed by atoms with Gasteiger partial charge in [-0.15, -0.1) is 11.3 Å². The molecule has 2 N–H and O–H groups in total. The molecular weight excluding hydrogens is 394 g/mol. The number of rotatable bonds is 6.